The molecule has 0 bridgehead atoms. The minimum absolute atomic E-state index is 0.279. The molecule has 5 heteroatoms. The normalized spacial score (nSPS) is 10.2. The fourth-order valence-corrected chi connectivity index (χ4v) is 1.20. The van der Waals surface area contributed by atoms with E-state index >= 15 is 0 Å². The molecule has 2 heterocycles. The molecule has 1 amide bonds. The average Bonchev–Trinajstić information content (AvgIpc) is 2.86. The first kappa shape index (κ1) is 9.51. The van der Waals surface area contributed by atoms with Crippen LogP contribution in [0.5, 0.6) is 0 Å². The lowest BCUT2D eigenvalue weighted by molar-refractivity contribution is 0.0994. The van der Waals surface area contributed by atoms with Gasteiger partial charge in [0.1, 0.15) is 11.6 Å². The van der Waals surface area contributed by atoms with Crippen LogP contribution in [0, 0.1) is 0 Å². The van der Waals surface area contributed by atoms with E-state index < -0.39 is 0 Å². The molecule has 0 aliphatic carbocycles. The van der Waals surface area contributed by atoms with Crippen LogP contribution in [0.2, 0.25) is 0 Å². The second-order valence-corrected chi connectivity index (χ2v) is 3.04. The molecule has 0 unspecified atom stereocenters. The standard InChI is InChI=1S/C10H11N3O2/c1-2-7-3-4-8(15-7)10(14)12-9-5-6-11-13-9/h3-6H,2H2,1H3,(H2,11,12,13,14). The Hall–Kier alpha value is -2.04. The van der Waals surface area contributed by atoms with Crippen molar-refractivity contribution in [1.29, 1.82) is 0 Å². The minimum Gasteiger partial charge on any atom is -0.456 e. The maximum Gasteiger partial charge on any atom is 0.292 e. The Balaban J connectivity index is 2.08. The predicted octanol–water partition coefficient (Wildman–Crippen LogP) is 1.82. The zero-order chi connectivity index (χ0) is 10.7. The van der Waals surface area contributed by atoms with Gasteiger partial charge in [0, 0.05) is 12.5 Å². The highest BCUT2D eigenvalue weighted by Crippen LogP contribution is 2.10. The summed E-state index contributed by atoms with van der Waals surface area (Å²) in [6, 6.07) is 5.12. The molecule has 0 atom stereocenters. The molecule has 5 nitrogen and oxygen atoms in total. The Morgan fingerprint density at radius 2 is 2.40 bits per heavy atom. The number of amides is 1. The quantitative estimate of drug-likeness (QED) is 0.802. The van der Waals surface area contributed by atoms with Gasteiger partial charge in [0.2, 0.25) is 0 Å². The van der Waals surface area contributed by atoms with Crippen molar-refractivity contribution in [2.45, 2.75) is 13.3 Å². The van der Waals surface area contributed by atoms with E-state index in [1.165, 1.54) is 0 Å². The zero-order valence-electron chi connectivity index (χ0n) is 8.28. The van der Waals surface area contributed by atoms with Crippen molar-refractivity contribution in [3.63, 3.8) is 0 Å². The smallest absolute Gasteiger partial charge is 0.292 e. The average molecular weight is 205 g/mol. The van der Waals surface area contributed by atoms with Crippen molar-refractivity contribution in [2.75, 3.05) is 5.32 Å². The maximum absolute atomic E-state index is 11.6. The van der Waals surface area contributed by atoms with Crippen LogP contribution in [-0.4, -0.2) is 16.1 Å². The van der Waals surface area contributed by atoms with Crippen LogP contribution in [0.1, 0.15) is 23.2 Å². The molecule has 78 valence electrons. The highest BCUT2D eigenvalue weighted by atomic mass is 16.3. The lowest BCUT2D eigenvalue weighted by atomic mass is 10.3. The fraction of sp³-hybridized carbons (Fsp3) is 0.200. The van der Waals surface area contributed by atoms with E-state index in [2.05, 4.69) is 15.5 Å². The van der Waals surface area contributed by atoms with Gasteiger partial charge in [0.15, 0.2) is 5.76 Å². The number of hydrogen-bond donors (Lipinski definition) is 2. The summed E-state index contributed by atoms with van der Waals surface area (Å²) in [4.78, 5) is 11.6. The van der Waals surface area contributed by atoms with Gasteiger partial charge in [-0.3, -0.25) is 9.89 Å². The lowest BCUT2D eigenvalue weighted by Crippen LogP contribution is -2.11. The third kappa shape index (κ3) is 2.07. The largest absolute Gasteiger partial charge is 0.456 e. The van der Waals surface area contributed by atoms with Crippen LogP contribution >= 0.6 is 0 Å². The van der Waals surface area contributed by atoms with Crippen molar-refractivity contribution >= 4 is 11.7 Å². The molecule has 0 spiro atoms. The van der Waals surface area contributed by atoms with E-state index in [0.717, 1.165) is 12.2 Å². The van der Waals surface area contributed by atoms with E-state index in [-0.39, 0.29) is 5.91 Å². The van der Waals surface area contributed by atoms with Gasteiger partial charge in [-0.05, 0) is 12.1 Å². The van der Waals surface area contributed by atoms with Crippen LogP contribution in [-0.2, 0) is 6.42 Å². The molecular formula is C10H11N3O2. The number of aromatic nitrogens is 2. The second kappa shape index (κ2) is 4.00. The molecular weight excluding hydrogens is 194 g/mol. The highest BCUT2D eigenvalue weighted by Gasteiger charge is 2.10. The summed E-state index contributed by atoms with van der Waals surface area (Å²) < 4.78 is 5.30. The van der Waals surface area contributed by atoms with Crippen molar-refractivity contribution in [1.82, 2.24) is 10.2 Å². The summed E-state index contributed by atoms with van der Waals surface area (Å²) in [6.07, 6.45) is 2.34. The summed E-state index contributed by atoms with van der Waals surface area (Å²) in [6.45, 7) is 1.97. The molecule has 0 aliphatic rings. The molecule has 0 saturated carbocycles. The monoisotopic (exact) mass is 205 g/mol. The van der Waals surface area contributed by atoms with Crippen LogP contribution < -0.4 is 5.32 Å². The molecule has 2 N–H and O–H groups in total. The number of aryl methyl sites for hydroxylation is 1. The number of carbonyl (C=O) groups excluding carboxylic acids is 1. The van der Waals surface area contributed by atoms with Gasteiger partial charge in [-0.1, -0.05) is 6.92 Å². The Labute approximate surface area is 86.5 Å². The number of anilines is 1. The van der Waals surface area contributed by atoms with Crippen molar-refractivity contribution in [3.05, 3.63) is 35.9 Å². The Kier molecular flexibility index (Phi) is 2.53. The van der Waals surface area contributed by atoms with Crippen LogP contribution in [0.4, 0.5) is 5.82 Å². The van der Waals surface area contributed by atoms with Gasteiger partial charge in [0.25, 0.3) is 5.91 Å². The predicted molar refractivity (Wildman–Crippen MR) is 54.6 cm³/mol. The Bertz CT molecular complexity index is 445. The number of furan rings is 1. The Morgan fingerprint density at radius 3 is 3.00 bits per heavy atom. The lowest BCUT2D eigenvalue weighted by Gasteiger charge is -1.98. The summed E-state index contributed by atoms with van der Waals surface area (Å²) in [5.41, 5.74) is 0. The van der Waals surface area contributed by atoms with Gasteiger partial charge in [-0.2, -0.15) is 5.10 Å². The van der Waals surface area contributed by atoms with Crippen LogP contribution in [0.25, 0.3) is 0 Å². The van der Waals surface area contributed by atoms with Gasteiger partial charge in [-0.25, -0.2) is 0 Å². The third-order valence-corrected chi connectivity index (χ3v) is 1.98. The summed E-state index contributed by atoms with van der Waals surface area (Å²) in [7, 11) is 0. The van der Waals surface area contributed by atoms with E-state index in [4.69, 9.17) is 4.42 Å². The number of rotatable bonds is 3. The van der Waals surface area contributed by atoms with Gasteiger partial charge < -0.3 is 9.73 Å². The van der Waals surface area contributed by atoms with E-state index in [1.807, 2.05) is 6.92 Å². The number of H-pyrrole nitrogens is 1. The van der Waals surface area contributed by atoms with Crippen molar-refractivity contribution in [3.8, 4) is 0 Å². The minimum atomic E-state index is -0.279. The van der Waals surface area contributed by atoms with E-state index in [1.54, 1.807) is 24.4 Å². The third-order valence-electron chi connectivity index (χ3n) is 1.98. The molecule has 0 aromatic carbocycles. The summed E-state index contributed by atoms with van der Waals surface area (Å²) in [5.74, 6) is 1.37. The highest BCUT2D eigenvalue weighted by molar-refractivity contribution is 6.01. The zero-order valence-corrected chi connectivity index (χ0v) is 8.28. The molecule has 0 aliphatic heterocycles. The van der Waals surface area contributed by atoms with Gasteiger partial charge in [-0.15, -0.1) is 0 Å². The first-order valence-electron chi connectivity index (χ1n) is 4.69. The maximum atomic E-state index is 11.6. The SMILES string of the molecule is CCc1ccc(C(=O)Nc2ccn[nH]2)o1. The van der Waals surface area contributed by atoms with Gasteiger partial charge >= 0.3 is 0 Å². The number of nitrogens with zero attached hydrogens (tertiary/aromatic N) is 1. The number of nitrogens with one attached hydrogen (secondary N) is 2. The second-order valence-electron chi connectivity index (χ2n) is 3.04. The molecule has 15 heavy (non-hydrogen) atoms. The van der Waals surface area contributed by atoms with E-state index in [9.17, 15) is 4.79 Å². The molecule has 2 aromatic rings. The Morgan fingerprint density at radius 1 is 1.53 bits per heavy atom. The molecule has 0 fully saturated rings. The van der Waals surface area contributed by atoms with E-state index in [0.29, 0.717) is 11.6 Å². The fourth-order valence-electron chi connectivity index (χ4n) is 1.20. The summed E-state index contributed by atoms with van der Waals surface area (Å²) >= 11 is 0. The molecule has 2 rings (SSSR count). The van der Waals surface area contributed by atoms with Crippen molar-refractivity contribution < 1.29 is 9.21 Å². The van der Waals surface area contributed by atoms with Crippen molar-refractivity contribution in [2.24, 2.45) is 0 Å². The number of hydrogen-bond acceptors (Lipinski definition) is 3. The topological polar surface area (TPSA) is 70.9 Å². The number of carbonyl (C=O) groups is 1. The number of aromatic amines is 1. The van der Waals surface area contributed by atoms with Gasteiger partial charge in [0.05, 0.1) is 6.20 Å². The first-order valence-corrected chi connectivity index (χ1v) is 4.69. The van der Waals surface area contributed by atoms with Crippen LogP contribution in [0.3, 0.4) is 0 Å². The molecule has 2 aromatic heterocycles. The van der Waals surface area contributed by atoms with Crippen LogP contribution in [0.15, 0.2) is 28.8 Å². The summed E-state index contributed by atoms with van der Waals surface area (Å²) in [5, 5.41) is 8.98. The first-order chi connectivity index (χ1) is 7.29. The molecule has 0 radical (unpaired) electrons. The molecule has 0 saturated heterocycles.